The Morgan fingerprint density at radius 2 is 1.64 bits per heavy atom. The summed E-state index contributed by atoms with van der Waals surface area (Å²) in [7, 11) is 2.08. The minimum atomic E-state index is 0.0800. The first-order chi connectivity index (χ1) is 13.6. The predicted molar refractivity (Wildman–Crippen MR) is 113 cm³/mol. The van der Waals surface area contributed by atoms with Gasteiger partial charge in [-0.05, 0) is 62.9 Å². The van der Waals surface area contributed by atoms with Crippen LogP contribution in [0.4, 0.5) is 5.69 Å². The number of rotatable bonds is 6. The minimum absolute atomic E-state index is 0.0800. The van der Waals surface area contributed by atoms with Crippen molar-refractivity contribution in [3.05, 3.63) is 29.8 Å². The van der Waals surface area contributed by atoms with Crippen molar-refractivity contribution in [1.29, 1.82) is 0 Å². The van der Waals surface area contributed by atoms with Crippen molar-refractivity contribution in [3.8, 4) is 0 Å². The third kappa shape index (κ3) is 5.57. The first-order valence-corrected chi connectivity index (χ1v) is 11.0. The molecule has 1 saturated heterocycles. The van der Waals surface area contributed by atoms with Crippen molar-refractivity contribution in [1.82, 2.24) is 9.80 Å². The molecule has 28 heavy (non-hydrogen) atoms. The molecule has 154 valence electrons. The standard InChI is InChI=1S/C23H35N3O2/c1-3-4-5-18-6-8-19(9-7-18)22(27)24-21-12-10-20(11-13-21)23(28)26-16-14-25(2)15-17-26/h10-13,18-19H,3-9,14-17H2,1-2H3,(H,24,27). The number of piperazine rings is 1. The summed E-state index contributed by atoms with van der Waals surface area (Å²) in [5.74, 6) is 1.15. The number of nitrogens with zero attached hydrogens (tertiary/aromatic N) is 2. The number of hydrogen-bond donors (Lipinski definition) is 1. The summed E-state index contributed by atoms with van der Waals surface area (Å²) < 4.78 is 0. The zero-order valence-electron chi connectivity index (χ0n) is 17.5. The molecule has 1 heterocycles. The fourth-order valence-electron chi connectivity index (χ4n) is 4.34. The summed E-state index contributed by atoms with van der Waals surface area (Å²) in [6.45, 7) is 5.62. The molecule has 0 radical (unpaired) electrons. The molecule has 5 heteroatoms. The molecule has 1 aliphatic carbocycles. The maximum Gasteiger partial charge on any atom is 0.253 e. The Kier molecular flexibility index (Phi) is 7.49. The van der Waals surface area contributed by atoms with Gasteiger partial charge in [-0.3, -0.25) is 9.59 Å². The number of likely N-dealkylation sites (N-methyl/N-ethyl adjacent to an activating group) is 1. The molecule has 0 aromatic heterocycles. The van der Waals surface area contributed by atoms with E-state index in [0.29, 0.717) is 5.56 Å². The van der Waals surface area contributed by atoms with Crippen molar-refractivity contribution in [2.75, 3.05) is 38.5 Å². The second-order valence-electron chi connectivity index (χ2n) is 8.52. The summed E-state index contributed by atoms with van der Waals surface area (Å²) in [6, 6.07) is 7.37. The molecule has 3 rings (SSSR count). The van der Waals surface area contributed by atoms with Crippen molar-refractivity contribution >= 4 is 17.5 Å². The normalized spacial score (nSPS) is 23.4. The van der Waals surface area contributed by atoms with E-state index >= 15 is 0 Å². The van der Waals surface area contributed by atoms with Gasteiger partial charge in [0.2, 0.25) is 5.91 Å². The average molecular weight is 386 g/mol. The van der Waals surface area contributed by atoms with E-state index in [-0.39, 0.29) is 17.7 Å². The van der Waals surface area contributed by atoms with Crippen LogP contribution in [0, 0.1) is 11.8 Å². The lowest BCUT2D eigenvalue weighted by Crippen LogP contribution is -2.47. The fourth-order valence-corrected chi connectivity index (χ4v) is 4.34. The molecule has 1 aliphatic heterocycles. The maximum absolute atomic E-state index is 12.6. The van der Waals surface area contributed by atoms with E-state index < -0.39 is 0 Å². The Hall–Kier alpha value is -1.88. The van der Waals surface area contributed by atoms with E-state index in [2.05, 4.69) is 24.2 Å². The summed E-state index contributed by atoms with van der Waals surface area (Å²) in [6.07, 6.45) is 8.23. The van der Waals surface area contributed by atoms with Gasteiger partial charge < -0.3 is 15.1 Å². The van der Waals surface area contributed by atoms with Crippen molar-refractivity contribution in [2.24, 2.45) is 11.8 Å². The SMILES string of the molecule is CCCCC1CCC(C(=O)Nc2ccc(C(=O)N3CCN(C)CC3)cc2)CC1. The predicted octanol–water partition coefficient (Wildman–Crippen LogP) is 4.01. The van der Waals surface area contributed by atoms with Crippen LogP contribution in [0.25, 0.3) is 0 Å². The number of anilines is 1. The van der Waals surface area contributed by atoms with E-state index in [1.54, 1.807) is 0 Å². The van der Waals surface area contributed by atoms with Gasteiger partial charge in [0.15, 0.2) is 0 Å². The molecule has 0 bridgehead atoms. The van der Waals surface area contributed by atoms with Gasteiger partial charge in [-0.25, -0.2) is 0 Å². The van der Waals surface area contributed by atoms with Crippen LogP contribution in [0.5, 0.6) is 0 Å². The molecule has 2 fully saturated rings. The lowest BCUT2D eigenvalue weighted by Gasteiger charge is -2.32. The summed E-state index contributed by atoms with van der Waals surface area (Å²) in [5, 5.41) is 3.05. The molecule has 2 aliphatic rings. The molecular weight excluding hydrogens is 350 g/mol. The molecule has 0 spiro atoms. The van der Waals surface area contributed by atoms with Crippen LogP contribution in [0.1, 0.15) is 62.2 Å². The van der Waals surface area contributed by atoms with Crippen LogP contribution in [0.3, 0.4) is 0 Å². The molecule has 1 aromatic rings. The maximum atomic E-state index is 12.6. The first kappa shape index (κ1) is 20.8. The third-order valence-electron chi connectivity index (χ3n) is 6.37. The molecule has 5 nitrogen and oxygen atoms in total. The Balaban J connectivity index is 1.47. The average Bonchev–Trinajstić information content (AvgIpc) is 2.73. The lowest BCUT2D eigenvalue weighted by atomic mass is 9.79. The Morgan fingerprint density at radius 1 is 1.00 bits per heavy atom. The Labute approximate surface area is 169 Å². The van der Waals surface area contributed by atoms with E-state index in [1.807, 2.05) is 29.2 Å². The number of hydrogen-bond acceptors (Lipinski definition) is 3. The lowest BCUT2D eigenvalue weighted by molar-refractivity contribution is -0.121. The smallest absolute Gasteiger partial charge is 0.253 e. The second kappa shape index (κ2) is 10.1. The van der Waals surface area contributed by atoms with Gasteiger partial charge in [0.1, 0.15) is 0 Å². The molecular formula is C23H35N3O2. The van der Waals surface area contributed by atoms with Gasteiger partial charge in [0, 0.05) is 43.3 Å². The molecule has 1 N–H and O–H groups in total. The number of amides is 2. The third-order valence-corrected chi connectivity index (χ3v) is 6.37. The first-order valence-electron chi connectivity index (χ1n) is 11.0. The molecule has 1 saturated carbocycles. The van der Waals surface area contributed by atoms with Crippen LogP contribution >= 0.6 is 0 Å². The molecule has 0 unspecified atom stereocenters. The van der Waals surface area contributed by atoms with Gasteiger partial charge in [0.25, 0.3) is 5.91 Å². The highest BCUT2D eigenvalue weighted by atomic mass is 16.2. The molecule has 1 aromatic carbocycles. The molecule has 2 amide bonds. The number of carbonyl (C=O) groups excluding carboxylic acids is 2. The highest BCUT2D eigenvalue weighted by Gasteiger charge is 2.26. The van der Waals surface area contributed by atoms with E-state index in [0.717, 1.165) is 50.6 Å². The largest absolute Gasteiger partial charge is 0.336 e. The number of nitrogens with one attached hydrogen (secondary N) is 1. The summed E-state index contributed by atoms with van der Waals surface area (Å²) >= 11 is 0. The van der Waals surface area contributed by atoms with Gasteiger partial charge >= 0.3 is 0 Å². The van der Waals surface area contributed by atoms with E-state index in [1.165, 1.54) is 32.1 Å². The van der Waals surface area contributed by atoms with Crippen LogP contribution in [-0.4, -0.2) is 54.8 Å². The van der Waals surface area contributed by atoms with Gasteiger partial charge in [0.05, 0.1) is 0 Å². The van der Waals surface area contributed by atoms with Gasteiger partial charge in [-0.15, -0.1) is 0 Å². The van der Waals surface area contributed by atoms with Gasteiger partial charge in [-0.2, -0.15) is 0 Å². The minimum Gasteiger partial charge on any atom is -0.336 e. The number of benzene rings is 1. The Morgan fingerprint density at radius 3 is 2.25 bits per heavy atom. The highest BCUT2D eigenvalue weighted by molar-refractivity contribution is 5.96. The van der Waals surface area contributed by atoms with Crippen LogP contribution < -0.4 is 5.32 Å². The van der Waals surface area contributed by atoms with Gasteiger partial charge in [-0.1, -0.05) is 26.2 Å². The van der Waals surface area contributed by atoms with Crippen LogP contribution in [0.2, 0.25) is 0 Å². The van der Waals surface area contributed by atoms with Crippen molar-refractivity contribution < 1.29 is 9.59 Å². The highest BCUT2D eigenvalue weighted by Crippen LogP contribution is 2.32. The van der Waals surface area contributed by atoms with Crippen molar-refractivity contribution in [2.45, 2.75) is 51.9 Å². The zero-order valence-corrected chi connectivity index (χ0v) is 17.5. The summed E-state index contributed by atoms with van der Waals surface area (Å²) in [5.41, 5.74) is 1.48. The van der Waals surface area contributed by atoms with Crippen LogP contribution in [0.15, 0.2) is 24.3 Å². The Bertz CT molecular complexity index is 642. The van der Waals surface area contributed by atoms with Crippen molar-refractivity contribution in [3.63, 3.8) is 0 Å². The van der Waals surface area contributed by atoms with Crippen LogP contribution in [-0.2, 0) is 4.79 Å². The quantitative estimate of drug-likeness (QED) is 0.805. The number of carbonyl (C=O) groups is 2. The monoisotopic (exact) mass is 385 g/mol. The zero-order chi connectivity index (χ0) is 19.9. The van der Waals surface area contributed by atoms with E-state index in [4.69, 9.17) is 0 Å². The second-order valence-corrected chi connectivity index (χ2v) is 8.52. The van der Waals surface area contributed by atoms with E-state index in [9.17, 15) is 9.59 Å². The summed E-state index contributed by atoms with van der Waals surface area (Å²) in [4.78, 5) is 29.4. The number of unbranched alkanes of at least 4 members (excludes halogenated alkanes) is 1. The molecule has 0 atom stereocenters. The topological polar surface area (TPSA) is 52.7 Å². The fraction of sp³-hybridized carbons (Fsp3) is 0.652.